The van der Waals surface area contributed by atoms with Crippen LogP contribution in [0.5, 0.6) is 0 Å². The third-order valence-corrected chi connectivity index (χ3v) is 10.0. The van der Waals surface area contributed by atoms with Gasteiger partial charge in [-0.3, -0.25) is 4.79 Å². The molecule has 4 aliphatic carbocycles. The molecule has 0 amide bonds. The Morgan fingerprint density at radius 2 is 1.84 bits per heavy atom. The fourth-order valence-corrected chi connectivity index (χ4v) is 8.21. The maximum absolute atomic E-state index is 13.2. The largest absolute Gasteiger partial charge is 0.365 e. The number of aliphatic hydroxyl groups is 1. The molecule has 0 saturated heterocycles. The number of hydrogen-bond acceptors (Lipinski definition) is 3. The number of ether oxygens (including phenoxy) is 1. The number of fused-ring (bicyclic) bond motifs is 5. The van der Waals surface area contributed by atoms with Crippen LogP contribution >= 0.6 is 0 Å². The van der Waals surface area contributed by atoms with Crippen molar-refractivity contribution >= 4 is 5.78 Å². The van der Waals surface area contributed by atoms with Crippen molar-refractivity contribution in [3.8, 4) is 0 Å². The first-order valence-electron chi connectivity index (χ1n) is 12.5. The van der Waals surface area contributed by atoms with Gasteiger partial charge < -0.3 is 9.84 Å². The molecule has 0 aliphatic heterocycles. The van der Waals surface area contributed by atoms with Gasteiger partial charge in [0.05, 0.1) is 6.61 Å². The monoisotopic (exact) mass is 440 g/mol. The van der Waals surface area contributed by atoms with Gasteiger partial charge in [-0.15, -0.1) is 0 Å². The van der Waals surface area contributed by atoms with E-state index < -0.39 is 5.79 Å². The summed E-state index contributed by atoms with van der Waals surface area (Å²) in [7, 11) is 0. The Labute approximate surface area is 191 Å². The number of halogens is 1. The van der Waals surface area contributed by atoms with Crippen LogP contribution in [0.3, 0.4) is 0 Å². The molecule has 3 nitrogen and oxygen atoms in total. The van der Waals surface area contributed by atoms with E-state index in [1.54, 1.807) is 19.1 Å². The summed E-state index contributed by atoms with van der Waals surface area (Å²) in [5.41, 5.74) is 2.52. The predicted molar refractivity (Wildman–Crippen MR) is 122 cm³/mol. The van der Waals surface area contributed by atoms with Crippen LogP contribution in [0.15, 0.2) is 35.9 Å². The highest BCUT2D eigenvalue weighted by Crippen LogP contribution is 2.66. The lowest BCUT2D eigenvalue weighted by atomic mass is 9.47. The Bertz CT molecular complexity index is 923. The second-order valence-electron chi connectivity index (χ2n) is 11.6. The SMILES string of the molecule is CC(=O)[C@H]1CC[C@H]2[C@@H]3CC=C4C[C@](O)(OCc5ccc(F)cc5)CC[C@]4(C)[C@H]3CC[C@]12C. The molecule has 3 fully saturated rings. The molecule has 4 heteroatoms. The molecule has 1 aromatic rings. The summed E-state index contributed by atoms with van der Waals surface area (Å²) in [6, 6.07) is 6.29. The molecule has 7 atom stereocenters. The number of Topliss-reactive ketones (excluding diaryl/α,β-unsaturated/α-hetero) is 1. The van der Waals surface area contributed by atoms with Crippen molar-refractivity contribution in [2.45, 2.75) is 84.5 Å². The predicted octanol–water partition coefficient (Wildman–Crippen LogP) is 6.20. The van der Waals surface area contributed by atoms with E-state index in [2.05, 4.69) is 19.9 Å². The van der Waals surface area contributed by atoms with E-state index in [9.17, 15) is 14.3 Å². The standard InChI is InChI=1S/C28H37FO3/c1-18(30)23-10-11-24-22-9-6-20-16-28(31,32-17-19-4-7-21(29)8-5-19)15-14-26(20,2)25(22)12-13-27(23,24)3/h4-8,22-25,31H,9-17H2,1-3H3/t22-,23+,24-,25-,26-,27+,28+/m0/s1. The van der Waals surface area contributed by atoms with Gasteiger partial charge in [0, 0.05) is 18.8 Å². The van der Waals surface area contributed by atoms with Gasteiger partial charge in [0.15, 0.2) is 5.79 Å². The molecule has 3 saturated carbocycles. The van der Waals surface area contributed by atoms with E-state index >= 15 is 0 Å². The molecule has 0 unspecified atom stereocenters. The highest BCUT2D eigenvalue weighted by Gasteiger charge is 2.60. The molecule has 0 spiro atoms. The van der Waals surface area contributed by atoms with Crippen LogP contribution in [0.4, 0.5) is 4.39 Å². The second kappa shape index (κ2) is 7.77. The third-order valence-electron chi connectivity index (χ3n) is 10.0. The van der Waals surface area contributed by atoms with Crippen molar-refractivity contribution in [2.75, 3.05) is 0 Å². The zero-order valence-electron chi connectivity index (χ0n) is 19.7. The summed E-state index contributed by atoms with van der Waals surface area (Å²) < 4.78 is 19.2. The molecular weight excluding hydrogens is 403 g/mol. The highest BCUT2D eigenvalue weighted by atomic mass is 19.1. The summed E-state index contributed by atoms with van der Waals surface area (Å²) >= 11 is 0. The fourth-order valence-electron chi connectivity index (χ4n) is 8.21. The zero-order chi connectivity index (χ0) is 22.7. The third kappa shape index (κ3) is 3.49. The van der Waals surface area contributed by atoms with Crippen molar-refractivity contribution in [1.29, 1.82) is 0 Å². The normalized spacial score (nSPS) is 43.1. The van der Waals surface area contributed by atoms with Crippen molar-refractivity contribution in [3.05, 3.63) is 47.3 Å². The Kier molecular flexibility index (Phi) is 5.41. The number of allylic oxidation sites excluding steroid dienone is 1. The fraction of sp³-hybridized carbons (Fsp3) is 0.679. The molecule has 5 rings (SSSR count). The lowest BCUT2D eigenvalue weighted by molar-refractivity contribution is -0.231. The number of benzene rings is 1. The first kappa shape index (κ1) is 22.3. The molecule has 1 N–H and O–H groups in total. The van der Waals surface area contributed by atoms with E-state index in [0.717, 1.165) is 31.2 Å². The molecule has 0 aromatic heterocycles. The van der Waals surface area contributed by atoms with Crippen molar-refractivity contribution in [2.24, 2.45) is 34.5 Å². The number of ketones is 1. The molecule has 0 bridgehead atoms. The molecule has 32 heavy (non-hydrogen) atoms. The number of carbonyl (C=O) groups is 1. The van der Waals surface area contributed by atoms with E-state index in [4.69, 9.17) is 4.74 Å². The molecule has 0 radical (unpaired) electrons. The van der Waals surface area contributed by atoms with Crippen LogP contribution in [0.25, 0.3) is 0 Å². The first-order chi connectivity index (χ1) is 15.1. The van der Waals surface area contributed by atoms with E-state index in [1.807, 2.05) is 0 Å². The van der Waals surface area contributed by atoms with E-state index in [-0.39, 0.29) is 22.6 Å². The van der Waals surface area contributed by atoms with Crippen LogP contribution in [0.2, 0.25) is 0 Å². The Hall–Kier alpha value is -1.52. The Morgan fingerprint density at radius 1 is 1.09 bits per heavy atom. The van der Waals surface area contributed by atoms with Crippen LogP contribution in [-0.4, -0.2) is 16.7 Å². The molecule has 0 heterocycles. The lowest BCUT2D eigenvalue weighted by Crippen LogP contribution is -2.52. The number of rotatable bonds is 4. The Balaban J connectivity index is 1.32. The van der Waals surface area contributed by atoms with Crippen molar-refractivity contribution < 1.29 is 19.0 Å². The van der Waals surface area contributed by atoms with E-state index in [0.29, 0.717) is 43.0 Å². The molecule has 1 aromatic carbocycles. The van der Waals surface area contributed by atoms with Crippen LogP contribution in [-0.2, 0) is 16.1 Å². The quantitative estimate of drug-likeness (QED) is 0.448. The van der Waals surface area contributed by atoms with Gasteiger partial charge in [0.1, 0.15) is 11.6 Å². The summed E-state index contributed by atoms with van der Waals surface area (Å²) in [4.78, 5) is 12.3. The number of hydrogen-bond donors (Lipinski definition) is 1. The lowest BCUT2D eigenvalue weighted by Gasteiger charge is -2.58. The minimum Gasteiger partial charge on any atom is -0.365 e. The second-order valence-corrected chi connectivity index (χ2v) is 11.6. The topological polar surface area (TPSA) is 46.5 Å². The van der Waals surface area contributed by atoms with Gasteiger partial charge in [-0.25, -0.2) is 4.39 Å². The summed E-state index contributed by atoms with van der Waals surface area (Å²) in [6.45, 7) is 6.88. The summed E-state index contributed by atoms with van der Waals surface area (Å²) in [5, 5.41) is 11.2. The van der Waals surface area contributed by atoms with Gasteiger partial charge >= 0.3 is 0 Å². The summed E-state index contributed by atoms with van der Waals surface area (Å²) in [5.74, 6) is 1.13. The van der Waals surface area contributed by atoms with Gasteiger partial charge in [0.25, 0.3) is 0 Å². The maximum Gasteiger partial charge on any atom is 0.169 e. The maximum atomic E-state index is 13.2. The average molecular weight is 441 g/mol. The van der Waals surface area contributed by atoms with Gasteiger partial charge in [-0.05, 0) is 91.7 Å². The number of carbonyl (C=O) groups excluding carboxylic acids is 1. The minimum atomic E-state index is -1.15. The Morgan fingerprint density at radius 3 is 2.56 bits per heavy atom. The van der Waals surface area contributed by atoms with Gasteiger partial charge in [0.2, 0.25) is 0 Å². The zero-order valence-corrected chi connectivity index (χ0v) is 19.7. The average Bonchev–Trinajstić information content (AvgIpc) is 3.12. The van der Waals surface area contributed by atoms with Crippen molar-refractivity contribution in [3.63, 3.8) is 0 Å². The van der Waals surface area contributed by atoms with E-state index in [1.165, 1.54) is 30.5 Å². The van der Waals surface area contributed by atoms with Gasteiger partial charge in [-0.2, -0.15) is 0 Å². The van der Waals surface area contributed by atoms with Crippen LogP contribution in [0.1, 0.15) is 77.7 Å². The molecule has 174 valence electrons. The van der Waals surface area contributed by atoms with Crippen LogP contribution < -0.4 is 0 Å². The molecule has 4 aliphatic rings. The first-order valence-corrected chi connectivity index (χ1v) is 12.5. The minimum absolute atomic E-state index is 0.115. The molecular formula is C28H37FO3. The summed E-state index contributed by atoms with van der Waals surface area (Å²) in [6.07, 6.45) is 10.2. The van der Waals surface area contributed by atoms with Crippen LogP contribution in [0, 0.1) is 40.3 Å². The van der Waals surface area contributed by atoms with Gasteiger partial charge in [-0.1, -0.05) is 37.6 Å². The highest BCUT2D eigenvalue weighted by molar-refractivity contribution is 5.79. The smallest absolute Gasteiger partial charge is 0.169 e. The van der Waals surface area contributed by atoms with Crippen molar-refractivity contribution in [1.82, 2.24) is 0 Å².